The van der Waals surface area contributed by atoms with E-state index >= 15 is 0 Å². The van der Waals surface area contributed by atoms with Gasteiger partial charge >= 0.3 is 6.03 Å². The SMILES string of the molecule is COc1cc(N2CCCCC2)ccc1/C=C1\C(=O)NC(=O)N(c2cccc(F)c2)C1=O. The van der Waals surface area contributed by atoms with Gasteiger partial charge in [-0.3, -0.25) is 14.9 Å². The van der Waals surface area contributed by atoms with Gasteiger partial charge in [-0.05, 0) is 55.7 Å². The van der Waals surface area contributed by atoms with Gasteiger partial charge in [-0.1, -0.05) is 6.07 Å². The Bertz CT molecular complexity index is 1080. The third-order valence-corrected chi connectivity index (χ3v) is 5.41. The number of hydrogen-bond acceptors (Lipinski definition) is 5. The maximum absolute atomic E-state index is 13.6. The molecule has 2 aromatic rings. The molecule has 0 bridgehead atoms. The van der Waals surface area contributed by atoms with Crippen LogP contribution in [0.15, 0.2) is 48.0 Å². The number of rotatable bonds is 4. The van der Waals surface area contributed by atoms with Crippen molar-refractivity contribution >= 4 is 35.3 Å². The molecule has 4 amide bonds. The summed E-state index contributed by atoms with van der Waals surface area (Å²) in [6.07, 6.45) is 4.87. The number of barbiturate groups is 1. The second-order valence-corrected chi connectivity index (χ2v) is 7.41. The van der Waals surface area contributed by atoms with E-state index in [-0.39, 0.29) is 11.3 Å². The summed E-state index contributed by atoms with van der Waals surface area (Å²) in [7, 11) is 1.52. The Labute approximate surface area is 179 Å². The molecular formula is C23H22FN3O4. The van der Waals surface area contributed by atoms with E-state index in [1.165, 1.54) is 37.8 Å². The van der Waals surface area contributed by atoms with Crippen molar-refractivity contribution in [3.05, 3.63) is 59.4 Å². The zero-order valence-corrected chi connectivity index (χ0v) is 17.1. The Morgan fingerprint density at radius 3 is 2.48 bits per heavy atom. The van der Waals surface area contributed by atoms with Crippen LogP contribution in [0, 0.1) is 5.82 Å². The number of piperidine rings is 1. The Morgan fingerprint density at radius 1 is 1.00 bits per heavy atom. The number of amides is 4. The average molecular weight is 423 g/mol. The van der Waals surface area contributed by atoms with Gasteiger partial charge in [-0.25, -0.2) is 14.1 Å². The number of ether oxygens (including phenoxy) is 1. The summed E-state index contributed by atoms with van der Waals surface area (Å²) >= 11 is 0. The van der Waals surface area contributed by atoms with Gasteiger partial charge in [0.25, 0.3) is 11.8 Å². The largest absolute Gasteiger partial charge is 0.496 e. The fraction of sp³-hybridized carbons (Fsp3) is 0.261. The molecule has 2 aliphatic rings. The van der Waals surface area contributed by atoms with Crippen LogP contribution in [-0.2, 0) is 9.59 Å². The molecule has 1 N–H and O–H groups in total. The number of carbonyl (C=O) groups excluding carboxylic acids is 3. The minimum Gasteiger partial charge on any atom is -0.496 e. The molecule has 31 heavy (non-hydrogen) atoms. The monoisotopic (exact) mass is 423 g/mol. The molecule has 2 aliphatic heterocycles. The molecule has 2 heterocycles. The predicted octanol–water partition coefficient (Wildman–Crippen LogP) is 3.49. The fourth-order valence-corrected chi connectivity index (χ4v) is 3.83. The van der Waals surface area contributed by atoms with Crippen LogP contribution in [0.1, 0.15) is 24.8 Å². The highest BCUT2D eigenvalue weighted by Gasteiger charge is 2.37. The number of imide groups is 2. The molecular weight excluding hydrogens is 401 g/mol. The van der Waals surface area contributed by atoms with Crippen LogP contribution >= 0.6 is 0 Å². The lowest BCUT2D eigenvalue weighted by molar-refractivity contribution is -0.122. The smallest absolute Gasteiger partial charge is 0.335 e. The van der Waals surface area contributed by atoms with E-state index in [0.29, 0.717) is 11.3 Å². The Balaban J connectivity index is 1.68. The van der Waals surface area contributed by atoms with Crippen molar-refractivity contribution in [1.82, 2.24) is 5.32 Å². The second kappa shape index (κ2) is 8.59. The van der Waals surface area contributed by atoms with Crippen molar-refractivity contribution in [1.29, 1.82) is 0 Å². The number of anilines is 2. The standard InChI is InChI=1S/C23H22FN3O4/c1-31-20-14-17(26-10-3-2-4-11-26)9-8-15(20)12-19-21(28)25-23(30)27(22(19)29)18-7-5-6-16(24)13-18/h5-9,12-14H,2-4,10-11H2,1H3,(H,25,28,30)/b19-12+. The topological polar surface area (TPSA) is 79.0 Å². The summed E-state index contributed by atoms with van der Waals surface area (Å²) in [6, 6.07) is 9.70. The minimum atomic E-state index is -0.926. The fourth-order valence-electron chi connectivity index (χ4n) is 3.83. The van der Waals surface area contributed by atoms with Gasteiger partial charge in [0.05, 0.1) is 12.8 Å². The summed E-state index contributed by atoms with van der Waals surface area (Å²) < 4.78 is 19.1. The number of nitrogens with zero attached hydrogens (tertiary/aromatic N) is 2. The summed E-state index contributed by atoms with van der Waals surface area (Å²) in [4.78, 5) is 40.7. The molecule has 8 heteroatoms. The predicted molar refractivity (Wildman–Crippen MR) is 114 cm³/mol. The summed E-state index contributed by atoms with van der Waals surface area (Å²) in [5.41, 5.74) is 1.33. The number of methoxy groups -OCH3 is 1. The zero-order valence-electron chi connectivity index (χ0n) is 17.1. The molecule has 2 saturated heterocycles. The van der Waals surface area contributed by atoms with Crippen molar-refractivity contribution in [2.24, 2.45) is 0 Å². The third kappa shape index (κ3) is 4.14. The molecule has 0 aliphatic carbocycles. The first kappa shape index (κ1) is 20.6. The number of halogens is 1. The highest BCUT2D eigenvalue weighted by atomic mass is 19.1. The van der Waals surface area contributed by atoms with Gasteiger partial charge in [0, 0.05) is 30.4 Å². The number of benzene rings is 2. The van der Waals surface area contributed by atoms with Gasteiger partial charge in [0.1, 0.15) is 17.1 Å². The molecule has 2 fully saturated rings. The van der Waals surface area contributed by atoms with E-state index in [2.05, 4.69) is 10.2 Å². The Kier molecular flexibility index (Phi) is 5.70. The van der Waals surface area contributed by atoms with Crippen LogP contribution in [0.4, 0.5) is 20.6 Å². The number of urea groups is 1. The van der Waals surface area contributed by atoms with Crippen LogP contribution in [0.5, 0.6) is 5.75 Å². The lowest BCUT2D eigenvalue weighted by Gasteiger charge is -2.29. The number of nitrogens with one attached hydrogen (secondary N) is 1. The van der Waals surface area contributed by atoms with E-state index in [9.17, 15) is 18.8 Å². The first-order valence-corrected chi connectivity index (χ1v) is 10.1. The van der Waals surface area contributed by atoms with Crippen LogP contribution in [0.2, 0.25) is 0 Å². The van der Waals surface area contributed by atoms with Crippen molar-refractivity contribution < 1.29 is 23.5 Å². The van der Waals surface area contributed by atoms with Crippen molar-refractivity contribution in [2.45, 2.75) is 19.3 Å². The van der Waals surface area contributed by atoms with Gasteiger partial charge in [-0.15, -0.1) is 0 Å². The van der Waals surface area contributed by atoms with E-state index in [4.69, 9.17) is 4.74 Å². The normalized spacial score (nSPS) is 18.4. The summed E-state index contributed by atoms with van der Waals surface area (Å²) in [6.45, 7) is 1.93. The summed E-state index contributed by atoms with van der Waals surface area (Å²) in [5.74, 6) is -1.74. The van der Waals surface area contributed by atoms with Crippen molar-refractivity contribution in [3.8, 4) is 5.75 Å². The number of carbonyl (C=O) groups is 3. The van der Waals surface area contributed by atoms with Crippen LogP contribution < -0.4 is 19.9 Å². The molecule has 2 aromatic carbocycles. The molecule has 160 valence electrons. The van der Waals surface area contributed by atoms with Gasteiger partial charge < -0.3 is 9.64 Å². The number of hydrogen-bond donors (Lipinski definition) is 1. The lowest BCUT2D eigenvalue weighted by atomic mass is 10.0. The van der Waals surface area contributed by atoms with Crippen molar-refractivity contribution in [2.75, 3.05) is 30.0 Å². The van der Waals surface area contributed by atoms with E-state index < -0.39 is 23.7 Å². The van der Waals surface area contributed by atoms with Crippen molar-refractivity contribution in [3.63, 3.8) is 0 Å². The Morgan fingerprint density at radius 2 is 1.77 bits per heavy atom. The molecule has 0 unspecified atom stereocenters. The molecule has 0 saturated carbocycles. The van der Waals surface area contributed by atoms with Gasteiger partial charge in [0.2, 0.25) is 0 Å². The highest BCUT2D eigenvalue weighted by molar-refractivity contribution is 6.39. The maximum atomic E-state index is 13.6. The first-order chi connectivity index (χ1) is 15.0. The van der Waals surface area contributed by atoms with E-state index in [1.54, 1.807) is 6.07 Å². The molecule has 0 radical (unpaired) electrons. The van der Waals surface area contributed by atoms with Crippen LogP contribution in [0.3, 0.4) is 0 Å². The van der Waals surface area contributed by atoms with Crippen LogP contribution in [0.25, 0.3) is 6.08 Å². The average Bonchev–Trinajstić information content (AvgIpc) is 2.77. The minimum absolute atomic E-state index is 0.0355. The van der Waals surface area contributed by atoms with Crippen LogP contribution in [-0.4, -0.2) is 38.0 Å². The lowest BCUT2D eigenvalue weighted by Crippen LogP contribution is -2.54. The van der Waals surface area contributed by atoms with E-state index in [1.807, 2.05) is 12.1 Å². The molecule has 0 atom stereocenters. The summed E-state index contributed by atoms with van der Waals surface area (Å²) in [5, 5.41) is 2.14. The quantitative estimate of drug-likeness (QED) is 0.602. The van der Waals surface area contributed by atoms with Gasteiger partial charge in [-0.2, -0.15) is 0 Å². The zero-order chi connectivity index (χ0) is 22.0. The maximum Gasteiger partial charge on any atom is 0.335 e. The first-order valence-electron chi connectivity index (χ1n) is 10.1. The highest BCUT2D eigenvalue weighted by Crippen LogP contribution is 2.30. The van der Waals surface area contributed by atoms with E-state index in [0.717, 1.165) is 42.6 Å². The Hall–Kier alpha value is -3.68. The van der Waals surface area contributed by atoms with Gasteiger partial charge in [0.15, 0.2) is 0 Å². The molecule has 0 aromatic heterocycles. The molecule has 4 rings (SSSR count). The molecule has 0 spiro atoms. The third-order valence-electron chi connectivity index (χ3n) is 5.41. The second-order valence-electron chi connectivity index (χ2n) is 7.41. The molecule has 7 nitrogen and oxygen atoms in total.